The first kappa shape index (κ1) is 18.0. The van der Waals surface area contributed by atoms with Crippen LogP contribution in [0.3, 0.4) is 0 Å². The molecule has 0 saturated heterocycles. The molecule has 0 spiro atoms. The number of halogens is 4. The van der Waals surface area contributed by atoms with Crippen molar-refractivity contribution >= 4 is 40.6 Å². The smallest absolute Gasteiger partial charge is 0.303 e. The molecule has 0 amide bonds. The Labute approximate surface area is 153 Å². The first-order valence-electron chi connectivity index (χ1n) is 7.58. The van der Waals surface area contributed by atoms with Crippen molar-refractivity contribution in [2.75, 3.05) is 4.90 Å². The highest BCUT2D eigenvalue weighted by Crippen LogP contribution is 2.43. The lowest BCUT2D eigenvalue weighted by molar-refractivity contribution is -0.140. The number of benzene rings is 2. The largest absolute Gasteiger partial charge is 0.433 e. The van der Waals surface area contributed by atoms with Crippen LogP contribution >= 0.6 is 12.4 Å². The highest BCUT2D eigenvalue weighted by molar-refractivity contribution is 5.98. The van der Waals surface area contributed by atoms with Crippen molar-refractivity contribution in [3.05, 3.63) is 71.6 Å². The van der Waals surface area contributed by atoms with Crippen molar-refractivity contribution in [1.82, 2.24) is 4.98 Å². The van der Waals surface area contributed by atoms with Gasteiger partial charge in [-0.3, -0.25) is 0 Å². The molecule has 2 aromatic carbocycles. The lowest BCUT2D eigenvalue weighted by atomic mass is 10.1. The van der Waals surface area contributed by atoms with Crippen LogP contribution in [0, 0.1) is 0 Å². The van der Waals surface area contributed by atoms with Gasteiger partial charge < -0.3 is 4.90 Å². The molecule has 2 heterocycles. The van der Waals surface area contributed by atoms with E-state index < -0.39 is 11.9 Å². The van der Waals surface area contributed by atoms with Crippen LogP contribution in [-0.2, 0) is 17.4 Å². The number of anilines is 2. The van der Waals surface area contributed by atoms with Crippen LogP contribution in [-0.4, -0.2) is 10.9 Å². The van der Waals surface area contributed by atoms with Crippen LogP contribution in [0.25, 0.3) is 10.9 Å². The zero-order valence-electron chi connectivity index (χ0n) is 13.2. The Morgan fingerprint density at radius 1 is 1.00 bits per heavy atom. The van der Waals surface area contributed by atoms with Gasteiger partial charge in [0.2, 0.25) is 0 Å². The molecule has 3 aromatic rings. The van der Waals surface area contributed by atoms with Gasteiger partial charge in [0.05, 0.1) is 16.9 Å². The van der Waals surface area contributed by atoms with Gasteiger partial charge in [-0.05, 0) is 23.8 Å². The fourth-order valence-corrected chi connectivity index (χ4v) is 3.13. The molecule has 7 heteroatoms. The molecule has 0 atom stereocenters. The van der Waals surface area contributed by atoms with E-state index in [2.05, 4.69) is 4.98 Å². The minimum absolute atomic E-state index is 0. The maximum atomic E-state index is 13.3. The van der Waals surface area contributed by atoms with Crippen molar-refractivity contribution in [1.29, 1.82) is 0 Å². The van der Waals surface area contributed by atoms with Crippen LogP contribution in [0.2, 0.25) is 0 Å². The molecule has 0 aliphatic carbocycles. The third kappa shape index (κ3) is 2.83. The summed E-state index contributed by atoms with van der Waals surface area (Å²) >= 11 is 0. The molecule has 1 aromatic heterocycles. The average Bonchev–Trinajstić information content (AvgIpc) is 2.98. The summed E-state index contributed by atoms with van der Waals surface area (Å²) in [6, 6.07) is 14.8. The topological polar surface area (TPSA) is 33.2 Å². The summed E-state index contributed by atoms with van der Waals surface area (Å²) in [4.78, 5) is 16.7. The number of rotatable bonds is 1. The summed E-state index contributed by atoms with van der Waals surface area (Å²) in [5.74, 6) is 1.87. The summed E-state index contributed by atoms with van der Waals surface area (Å²) in [6.45, 7) is 0. The average molecular weight is 377 g/mol. The van der Waals surface area contributed by atoms with Gasteiger partial charge >= 0.3 is 6.18 Å². The number of nitrogens with zero attached hydrogens (tertiary/aromatic N) is 2. The zero-order valence-corrected chi connectivity index (χ0v) is 14.1. The monoisotopic (exact) mass is 376 g/mol. The van der Waals surface area contributed by atoms with Gasteiger partial charge in [0.15, 0.2) is 0 Å². The Hall–Kier alpha value is -2.82. The molecule has 1 aliphatic heterocycles. The molecule has 132 valence electrons. The minimum atomic E-state index is -4.58. The van der Waals surface area contributed by atoms with Crippen molar-refractivity contribution in [3.8, 4) is 0 Å². The molecule has 0 fully saturated rings. The Morgan fingerprint density at radius 2 is 1.69 bits per heavy atom. The quantitative estimate of drug-likeness (QED) is 0.555. The van der Waals surface area contributed by atoms with Gasteiger partial charge in [-0.25, -0.2) is 9.78 Å². The standard InChI is InChI=1S/C19H11F3N2O.ClH/c20-19(21,22)18-10-17(14-6-2-3-7-15(14)23-18)24-13(11-25)9-12-5-1-4-8-16(12)24;/h1-8,10H,9H2;1H. The first-order valence-corrected chi connectivity index (χ1v) is 7.58. The maximum absolute atomic E-state index is 13.3. The number of fused-ring (bicyclic) bond motifs is 2. The van der Waals surface area contributed by atoms with E-state index in [0.29, 0.717) is 17.5 Å². The van der Waals surface area contributed by atoms with Crippen molar-refractivity contribution in [2.24, 2.45) is 0 Å². The van der Waals surface area contributed by atoms with Gasteiger partial charge in [0, 0.05) is 11.8 Å². The second-order valence-corrected chi connectivity index (χ2v) is 5.73. The highest BCUT2D eigenvalue weighted by atomic mass is 35.5. The van der Waals surface area contributed by atoms with Crippen molar-refractivity contribution in [2.45, 2.75) is 12.6 Å². The maximum Gasteiger partial charge on any atom is 0.433 e. The summed E-state index contributed by atoms with van der Waals surface area (Å²) in [6.07, 6.45) is -4.25. The highest BCUT2D eigenvalue weighted by Gasteiger charge is 2.35. The number of alkyl halides is 3. The van der Waals surface area contributed by atoms with Gasteiger partial charge in [-0.1, -0.05) is 36.4 Å². The van der Waals surface area contributed by atoms with E-state index in [4.69, 9.17) is 0 Å². The van der Waals surface area contributed by atoms with Crippen LogP contribution < -0.4 is 4.90 Å². The lowest BCUT2D eigenvalue weighted by Gasteiger charge is -2.22. The van der Waals surface area contributed by atoms with E-state index in [1.54, 1.807) is 35.2 Å². The SMILES string of the molecule is Cl.O=C=C1Cc2ccccc2N1c1cc(C(F)(F)F)nc2ccccc12. The fraction of sp³-hybridized carbons (Fsp3) is 0.105. The van der Waals surface area contributed by atoms with E-state index in [-0.39, 0.29) is 29.3 Å². The van der Waals surface area contributed by atoms with Crippen LogP contribution in [0.15, 0.2) is 60.3 Å². The van der Waals surface area contributed by atoms with E-state index in [1.807, 2.05) is 18.1 Å². The molecule has 0 unspecified atom stereocenters. The first-order chi connectivity index (χ1) is 12.0. The van der Waals surface area contributed by atoms with Crippen molar-refractivity contribution < 1.29 is 18.0 Å². The van der Waals surface area contributed by atoms with Crippen LogP contribution in [0.1, 0.15) is 11.3 Å². The summed E-state index contributed by atoms with van der Waals surface area (Å²) in [7, 11) is 0. The van der Waals surface area contributed by atoms with E-state index in [1.165, 1.54) is 6.07 Å². The summed E-state index contributed by atoms with van der Waals surface area (Å²) in [5.41, 5.74) is 1.35. The molecule has 3 nitrogen and oxygen atoms in total. The Morgan fingerprint density at radius 3 is 2.42 bits per heavy atom. The molecule has 0 bridgehead atoms. The van der Waals surface area contributed by atoms with E-state index in [9.17, 15) is 18.0 Å². The predicted molar refractivity (Wildman–Crippen MR) is 95.5 cm³/mol. The molecular weight excluding hydrogens is 365 g/mol. The molecule has 0 saturated carbocycles. The minimum Gasteiger partial charge on any atom is -0.303 e. The molecule has 0 N–H and O–H groups in total. The molecule has 26 heavy (non-hydrogen) atoms. The van der Waals surface area contributed by atoms with Gasteiger partial charge in [-0.2, -0.15) is 13.2 Å². The second-order valence-electron chi connectivity index (χ2n) is 5.73. The van der Waals surface area contributed by atoms with Gasteiger partial charge in [0.1, 0.15) is 17.3 Å². The third-order valence-electron chi connectivity index (χ3n) is 4.20. The van der Waals surface area contributed by atoms with E-state index >= 15 is 0 Å². The lowest BCUT2D eigenvalue weighted by Crippen LogP contribution is -2.16. The van der Waals surface area contributed by atoms with Gasteiger partial charge in [-0.15, -0.1) is 12.4 Å². The summed E-state index contributed by atoms with van der Waals surface area (Å²) in [5, 5.41) is 0.542. The summed E-state index contributed by atoms with van der Waals surface area (Å²) < 4.78 is 39.9. The Balaban J connectivity index is 0.00000196. The Kier molecular flexibility index (Phi) is 4.48. The number of para-hydroxylation sites is 2. The normalized spacial score (nSPS) is 13.3. The number of hydrogen-bond acceptors (Lipinski definition) is 3. The number of pyridine rings is 1. The number of carbonyl (C=O) groups excluding carboxylic acids is 1. The van der Waals surface area contributed by atoms with E-state index in [0.717, 1.165) is 11.6 Å². The molecule has 4 rings (SSSR count). The number of aromatic nitrogens is 1. The second kappa shape index (κ2) is 6.48. The Bertz CT molecular complexity index is 1040. The molecule has 0 radical (unpaired) electrons. The number of hydrogen-bond donors (Lipinski definition) is 0. The molecular formula is C19H12ClF3N2O. The zero-order chi connectivity index (χ0) is 17.6. The van der Waals surface area contributed by atoms with Crippen LogP contribution in [0.4, 0.5) is 24.5 Å². The molecule has 1 aliphatic rings. The van der Waals surface area contributed by atoms with Crippen LogP contribution in [0.5, 0.6) is 0 Å². The predicted octanol–water partition coefficient (Wildman–Crippen LogP) is 5.09. The fourth-order valence-electron chi connectivity index (χ4n) is 3.13. The number of allylic oxidation sites excluding steroid dienone is 1. The third-order valence-corrected chi connectivity index (χ3v) is 4.20. The van der Waals surface area contributed by atoms with Gasteiger partial charge in [0.25, 0.3) is 0 Å². The van der Waals surface area contributed by atoms with Crippen molar-refractivity contribution in [3.63, 3.8) is 0 Å².